The van der Waals surface area contributed by atoms with Gasteiger partial charge in [0.2, 0.25) is 11.8 Å². The summed E-state index contributed by atoms with van der Waals surface area (Å²) in [5.74, 6) is -0.705. The number of rotatable bonds is 10. The lowest BCUT2D eigenvalue weighted by molar-refractivity contribution is -0.129. The van der Waals surface area contributed by atoms with Crippen molar-refractivity contribution in [2.24, 2.45) is 4.99 Å². The topological polar surface area (TPSA) is 88.1 Å². The molecule has 1 aliphatic heterocycles. The third-order valence-corrected chi connectivity index (χ3v) is 6.53. The first-order valence-electron chi connectivity index (χ1n) is 11.3. The molecule has 1 fully saturated rings. The minimum atomic E-state index is -0.550. The standard InChI is InChI=1S/C25H28ClN3O4S/c1-3-5-14-27-22(30)15-21-23(31)29(16-17-6-10-19(26)11-7-17)25(34-21)28-20-12-8-18(9-13-20)24(32)33-4-2/h6-13,21H,3-5,14-16H2,1-2H3,(H,27,30). The Balaban J connectivity index is 1.80. The fourth-order valence-electron chi connectivity index (χ4n) is 3.29. The second kappa shape index (κ2) is 12.6. The van der Waals surface area contributed by atoms with E-state index in [1.54, 1.807) is 48.2 Å². The molecule has 1 atom stereocenters. The van der Waals surface area contributed by atoms with Crippen LogP contribution in [0.4, 0.5) is 5.69 Å². The van der Waals surface area contributed by atoms with Gasteiger partial charge >= 0.3 is 5.97 Å². The van der Waals surface area contributed by atoms with Crippen LogP contribution in [-0.2, 0) is 20.9 Å². The van der Waals surface area contributed by atoms with Crippen molar-refractivity contribution in [3.8, 4) is 0 Å². The Morgan fingerprint density at radius 1 is 1.12 bits per heavy atom. The van der Waals surface area contributed by atoms with Crippen LogP contribution in [0.5, 0.6) is 0 Å². The van der Waals surface area contributed by atoms with Crippen LogP contribution in [0.25, 0.3) is 0 Å². The number of hydrogen-bond donors (Lipinski definition) is 1. The van der Waals surface area contributed by atoms with Gasteiger partial charge in [-0.1, -0.05) is 48.8 Å². The predicted molar refractivity (Wildman–Crippen MR) is 135 cm³/mol. The Kier molecular flexibility index (Phi) is 9.53. The van der Waals surface area contributed by atoms with Crippen LogP contribution in [-0.4, -0.2) is 46.3 Å². The number of thioether (sulfide) groups is 1. The Morgan fingerprint density at radius 2 is 1.82 bits per heavy atom. The van der Waals surface area contributed by atoms with E-state index in [0.717, 1.165) is 18.4 Å². The molecule has 3 rings (SSSR count). The minimum Gasteiger partial charge on any atom is -0.462 e. The van der Waals surface area contributed by atoms with Crippen LogP contribution < -0.4 is 5.32 Å². The average molecular weight is 502 g/mol. The molecule has 2 aromatic carbocycles. The monoisotopic (exact) mass is 501 g/mol. The number of benzene rings is 2. The van der Waals surface area contributed by atoms with E-state index in [1.807, 2.05) is 12.1 Å². The van der Waals surface area contributed by atoms with E-state index in [-0.39, 0.29) is 18.2 Å². The molecule has 0 aliphatic carbocycles. The third kappa shape index (κ3) is 7.08. The first-order valence-corrected chi connectivity index (χ1v) is 12.5. The van der Waals surface area contributed by atoms with Crippen LogP contribution in [0.1, 0.15) is 49.0 Å². The smallest absolute Gasteiger partial charge is 0.338 e. The number of amides is 2. The number of carbonyl (C=O) groups is 3. The fourth-order valence-corrected chi connectivity index (χ4v) is 4.57. The first kappa shape index (κ1) is 25.8. The first-order chi connectivity index (χ1) is 16.4. The van der Waals surface area contributed by atoms with Gasteiger partial charge < -0.3 is 10.1 Å². The lowest BCUT2D eigenvalue weighted by atomic mass is 10.2. The highest BCUT2D eigenvalue weighted by atomic mass is 35.5. The summed E-state index contributed by atoms with van der Waals surface area (Å²) in [5.41, 5.74) is 1.93. The summed E-state index contributed by atoms with van der Waals surface area (Å²) in [7, 11) is 0. The number of amidine groups is 1. The molecule has 9 heteroatoms. The number of aliphatic imine (C=N–C) groups is 1. The molecular weight excluding hydrogens is 474 g/mol. The summed E-state index contributed by atoms with van der Waals surface area (Å²) in [6.45, 7) is 5.02. The van der Waals surface area contributed by atoms with E-state index in [1.165, 1.54) is 11.8 Å². The highest BCUT2D eigenvalue weighted by Crippen LogP contribution is 2.33. The molecular formula is C25H28ClN3O4S. The van der Waals surface area contributed by atoms with Crippen molar-refractivity contribution in [2.45, 2.75) is 44.9 Å². The predicted octanol–water partition coefficient (Wildman–Crippen LogP) is 4.95. The molecule has 0 saturated carbocycles. The largest absolute Gasteiger partial charge is 0.462 e. The molecule has 2 aromatic rings. The van der Waals surface area contributed by atoms with E-state index in [9.17, 15) is 14.4 Å². The lowest BCUT2D eigenvalue weighted by Gasteiger charge is -2.17. The number of halogens is 1. The Morgan fingerprint density at radius 3 is 2.47 bits per heavy atom. The van der Waals surface area contributed by atoms with Crippen LogP contribution in [0.2, 0.25) is 5.02 Å². The number of unbranched alkanes of at least 4 members (excludes halogenated alkanes) is 1. The molecule has 1 saturated heterocycles. The molecule has 0 aromatic heterocycles. The lowest BCUT2D eigenvalue weighted by Crippen LogP contribution is -2.34. The number of nitrogens with one attached hydrogen (secondary N) is 1. The normalized spacial score (nSPS) is 16.7. The molecule has 0 spiro atoms. The summed E-state index contributed by atoms with van der Waals surface area (Å²) >= 11 is 7.27. The van der Waals surface area contributed by atoms with Crippen LogP contribution in [0.15, 0.2) is 53.5 Å². The zero-order valence-corrected chi connectivity index (χ0v) is 20.8. The molecule has 34 heavy (non-hydrogen) atoms. The third-order valence-electron chi connectivity index (χ3n) is 5.10. The van der Waals surface area contributed by atoms with Gasteiger partial charge in [0.05, 0.1) is 24.4 Å². The van der Waals surface area contributed by atoms with Crippen molar-refractivity contribution in [3.63, 3.8) is 0 Å². The van der Waals surface area contributed by atoms with Gasteiger partial charge in [-0.3, -0.25) is 14.5 Å². The molecule has 1 heterocycles. The molecule has 0 bridgehead atoms. The molecule has 7 nitrogen and oxygen atoms in total. The van der Waals surface area contributed by atoms with Crippen molar-refractivity contribution in [1.82, 2.24) is 10.2 Å². The Labute approximate surface area is 208 Å². The van der Waals surface area contributed by atoms with E-state index in [4.69, 9.17) is 16.3 Å². The van der Waals surface area contributed by atoms with E-state index >= 15 is 0 Å². The number of carbonyl (C=O) groups excluding carboxylic acids is 3. The number of esters is 1. The quantitative estimate of drug-likeness (QED) is 0.367. The van der Waals surface area contributed by atoms with Crippen LogP contribution in [0, 0.1) is 0 Å². The number of hydrogen-bond acceptors (Lipinski definition) is 6. The molecule has 2 amide bonds. The fraction of sp³-hybridized carbons (Fsp3) is 0.360. The summed E-state index contributed by atoms with van der Waals surface area (Å²) < 4.78 is 5.01. The average Bonchev–Trinajstić information content (AvgIpc) is 3.10. The van der Waals surface area contributed by atoms with Crippen molar-refractivity contribution in [2.75, 3.05) is 13.2 Å². The van der Waals surface area contributed by atoms with Crippen molar-refractivity contribution in [3.05, 3.63) is 64.7 Å². The van der Waals surface area contributed by atoms with Gasteiger partial charge in [0, 0.05) is 18.0 Å². The van der Waals surface area contributed by atoms with Gasteiger partial charge in [-0.2, -0.15) is 0 Å². The number of ether oxygens (including phenoxy) is 1. The van der Waals surface area contributed by atoms with Gasteiger partial charge in [-0.05, 0) is 55.3 Å². The Hall–Kier alpha value is -2.84. The van der Waals surface area contributed by atoms with Gasteiger partial charge in [0.15, 0.2) is 5.17 Å². The zero-order chi connectivity index (χ0) is 24.5. The maximum atomic E-state index is 13.2. The Bertz CT molecular complexity index is 1040. The summed E-state index contributed by atoms with van der Waals surface area (Å²) in [6.07, 6.45) is 1.97. The van der Waals surface area contributed by atoms with Gasteiger partial charge in [0.25, 0.3) is 0 Å². The highest BCUT2D eigenvalue weighted by molar-refractivity contribution is 8.15. The SMILES string of the molecule is CCCCNC(=O)CC1SC(=Nc2ccc(C(=O)OCC)cc2)N(Cc2ccc(Cl)cc2)C1=O. The maximum absolute atomic E-state index is 13.2. The summed E-state index contributed by atoms with van der Waals surface area (Å²) in [5, 5.41) is 3.45. The molecule has 1 unspecified atom stereocenters. The zero-order valence-electron chi connectivity index (χ0n) is 19.3. The van der Waals surface area contributed by atoms with Crippen LogP contribution >= 0.6 is 23.4 Å². The number of nitrogens with zero attached hydrogens (tertiary/aromatic N) is 2. The van der Waals surface area contributed by atoms with Crippen LogP contribution in [0.3, 0.4) is 0 Å². The maximum Gasteiger partial charge on any atom is 0.338 e. The minimum absolute atomic E-state index is 0.0884. The highest BCUT2D eigenvalue weighted by Gasteiger charge is 2.39. The molecule has 180 valence electrons. The summed E-state index contributed by atoms with van der Waals surface area (Å²) in [4.78, 5) is 43.7. The van der Waals surface area contributed by atoms with Crippen molar-refractivity contribution >= 4 is 52.0 Å². The van der Waals surface area contributed by atoms with Gasteiger partial charge in [0.1, 0.15) is 5.25 Å². The van der Waals surface area contributed by atoms with E-state index < -0.39 is 11.2 Å². The molecule has 0 radical (unpaired) electrons. The van der Waals surface area contributed by atoms with Crippen molar-refractivity contribution < 1.29 is 19.1 Å². The summed E-state index contributed by atoms with van der Waals surface area (Å²) in [6, 6.07) is 13.9. The second-order valence-corrected chi connectivity index (χ2v) is 9.33. The molecule has 1 aliphatic rings. The van der Waals surface area contributed by atoms with E-state index in [0.29, 0.717) is 41.1 Å². The van der Waals surface area contributed by atoms with E-state index in [2.05, 4.69) is 17.2 Å². The molecule has 1 N–H and O–H groups in total. The van der Waals surface area contributed by atoms with Gasteiger partial charge in [-0.25, -0.2) is 9.79 Å². The van der Waals surface area contributed by atoms with Crippen molar-refractivity contribution in [1.29, 1.82) is 0 Å². The van der Waals surface area contributed by atoms with Gasteiger partial charge in [-0.15, -0.1) is 0 Å². The second-order valence-electron chi connectivity index (χ2n) is 7.73.